The van der Waals surface area contributed by atoms with Gasteiger partial charge in [0, 0.05) is 30.3 Å². The first-order valence-corrected chi connectivity index (χ1v) is 14.0. The summed E-state index contributed by atoms with van der Waals surface area (Å²) >= 11 is 0. The molecule has 2 aromatic rings. The van der Waals surface area contributed by atoms with Crippen LogP contribution in [0.5, 0.6) is 0 Å². The lowest BCUT2D eigenvalue weighted by Gasteiger charge is -2.19. The lowest BCUT2D eigenvalue weighted by Crippen LogP contribution is -2.32. The summed E-state index contributed by atoms with van der Waals surface area (Å²) in [7, 11) is 0. The first kappa shape index (κ1) is 31.7. The van der Waals surface area contributed by atoms with Crippen molar-refractivity contribution in [3.63, 3.8) is 0 Å². The van der Waals surface area contributed by atoms with Crippen LogP contribution in [-0.2, 0) is 11.2 Å². The second-order valence-electron chi connectivity index (χ2n) is 10.9. The Labute approximate surface area is 231 Å². The molecule has 1 aromatic carbocycles. The van der Waals surface area contributed by atoms with E-state index >= 15 is 0 Å². The SMILES string of the molecule is CC(C)(C)OC(=O)NCCCCCCCCCCCCCc1ccc[n+](-c2ccc([N+](=O)[O-])cc2[N+](=O)[O-])c1. The molecule has 1 N–H and O–H groups in total. The predicted molar refractivity (Wildman–Crippen MR) is 150 cm³/mol. The quantitative estimate of drug-likeness (QED) is 0.0977. The van der Waals surface area contributed by atoms with Crippen LogP contribution in [-0.4, -0.2) is 28.1 Å². The van der Waals surface area contributed by atoms with Crippen molar-refractivity contribution in [2.75, 3.05) is 6.54 Å². The van der Waals surface area contributed by atoms with Gasteiger partial charge in [-0.1, -0.05) is 57.8 Å². The number of amides is 1. The van der Waals surface area contributed by atoms with E-state index in [4.69, 9.17) is 4.74 Å². The molecule has 1 heterocycles. The predicted octanol–water partition coefficient (Wildman–Crippen LogP) is 7.14. The summed E-state index contributed by atoms with van der Waals surface area (Å²) in [5, 5.41) is 25.3. The van der Waals surface area contributed by atoms with E-state index in [-0.39, 0.29) is 17.5 Å². The smallest absolute Gasteiger partial charge is 0.407 e. The lowest BCUT2D eigenvalue weighted by molar-refractivity contribution is -0.601. The fourth-order valence-corrected chi connectivity index (χ4v) is 4.36. The summed E-state index contributed by atoms with van der Waals surface area (Å²) in [6, 6.07) is 7.56. The van der Waals surface area contributed by atoms with Crippen LogP contribution in [0.2, 0.25) is 0 Å². The molecule has 0 aliphatic carbocycles. The highest BCUT2D eigenvalue weighted by atomic mass is 16.6. The summed E-state index contributed by atoms with van der Waals surface area (Å²) < 4.78 is 6.88. The maximum atomic E-state index is 11.6. The third-order valence-corrected chi connectivity index (χ3v) is 6.32. The van der Waals surface area contributed by atoms with Crippen LogP contribution in [0.1, 0.15) is 97.0 Å². The number of non-ortho nitro benzene ring substituents is 1. The number of unbranched alkanes of at least 4 members (excludes halogenated alkanes) is 10. The van der Waals surface area contributed by atoms with Crippen molar-refractivity contribution in [1.82, 2.24) is 5.32 Å². The number of hydrogen-bond acceptors (Lipinski definition) is 6. The van der Waals surface area contributed by atoms with Gasteiger partial charge >= 0.3 is 11.8 Å². The van der Waals surface area contributed by atoms with Crippen LogP contribution in [0.3, 0.4) is 0 Å². The standard InChI is InChI=1S/C29H42N4O6/c1-29(2,3)39-28(34)30-20-14-12-10-8-6-4-5-7-9-11-13-16-24-17-15-21-31(23-24)26-19-18-25(32(35)36)22-27(26)33(37)38/h15,17-19,21-23H,4-14,16,20H2,1-3H3/p+1. The topological polar surface area (TPSA) is 128 Å². The van der Waals surface area contributed by atoms with Crippen molar-refractivity contribution in [1.29, 1.82) is 0 Å². The van der Waals surface area contributed by atoms with E-state index < -0.39 is 15.4 Å². The highest BCUT2D eigenvalue weighted by molar-refractivity contribution is 5.67. The number of ether oxygens (including phenoxy) is 1. The van der Waals surface area contributed by atoms with E-state index in [1.165, 1.54) is 57.1 Å². The highest BCUT2D eigenvalue weighted by Gasteiger charge is 2.26. The van der Waals surface area contributed by atoms with Gasteiger partial charge in [0.25, 0.3) is 11.4 Å². The number of pyridine rings is 1. The van der Waals surface area contributed by atoms with Crippen LogP contribution in [0.25, 0.3) is 5.69 Å². The number of nitro groups is 2. The Kier molecular flexibility index (Phi) is 13.3. The van der Waals surface area contributed by atoms with E-state index in [1.54, 1.807) is 10.8 Å². The van der Waals surface area contributed by atoms with Crippen molar-refractivity contribution in [2.45, 2.75) is 103 Å². The van der Waals surface area contributed by atoms with Gasteiger partial charge in [-0.25, -0.2) is 4.79 Å². The van der Waals surface area contributed by atoms with Gasteiger partial charge < -0.3 is 10.1 Å². The number of rotatable bonds is 17. The van der Waals surface area contributed by atoms with Crippen molar-refractivity contribution >= 4 is 17.5 Å². The van der Waals surface area contributed by atoms with Crippen molar-refractivity contribution in [3.8, 4) is 5.69 Å². The highest BCUT2D eigenvalue weighted by Crippen LogP contribution is 2.24. The molecule has 1 amide bonds. The summed E-state index contributed by atoms with van der Waals surface area (Å²) in [4.78, 5) is 32.8. The Morgan fingerprint density at radius 1 is 0.872 bits per heavy atom. The van der Waals surface area contributed by atoms with E-state index in [2.05, 4.69) is 5.32 Å². The molecule has 0 fully saturated rings. The first-order valence-electron chi connectivity index (χ1n) is 14.0. The minimum Gasteiger partial charge on any atom is -0.444 e. The Morgan fingerprint density at radius 3 is 2.03 bits per heavy atom. The molecule has 214 valence electrons. The Morgan fingerprint density at radius 2 is 1.46 bits per heavy atom. The van der Waals surface area contributed by atoms with E-state index in [0.29, 0.717) is 12.2 Å². The maximum Gasteiger partial charge on any atom is 0.407 e. The zero-order valence-electron chi connectivity index (χ0n) is 23.5. The van der Waals surface area contributed by atoms with Gasteiger partial charge in [0.1, 0.15) is 11.7 Å². The third-order valence-electron chi connectivity index (χ3n) is 6.32. The number of carbonyl (C=O) groups is 1. The number of carbonyl (C=O) groups excluding carboxylic acids is 1. The van der Waals surface area contributed by atoms with E-state index in [0.717, 1.165) is 43.7 Å². The number of nitrogens with one attached hydrogen (secondary N) is 1. The van der Waals surface area contributed by atoms with Crippen molar-refractivity contribution in [3.05, 3.63) is 68.5 Å². The number of nitro benzene ring substituents is 2. The molecular formula is C29H43N4O6+. The number of aryl methyl sites for hydroxylation is 1. The number of alkyl carbamates (subject to hydrolysis) is 1. The normalized spacial score (nSPS) is 11.3. The van der Waals surface area contributed by atoms with Gasteiger partial charge in [-0.2, -0.15) is 4.57 Å². The average Bonchev–Trinajstić information content (AvgIpc) is 2.87. The zero-order chi connectivity index (χ0) is 28.7. The fourth-order valence-electron chi connectivity index (χ4n) is 4.36. The minimum atomic E-state index is -0.630. The zero-order valence-corrected chi connectivity index (χ0v) is 23.5. The summed E-state index contributed by atoms with van der Waals surface area (Å²) in [6.45, 7) is 6.24. The molecule has 0 saturated heterocycles. The van der Waals surface area contributed by atoms with Crippen LogP contribution in [0, 0.1) is 20.2 Å². The molecule has 0 radical (unpaired) electrons. The van der Waals surface area contributed by atoms with Crippen molar-refractivity contribution < 1.29 is 23.9 Å². The maximum absolute atomic E-state index is 11.6. The van der Waals surface area contributed by atoms with Gasteiger partial charge in [-0.3, -0.25) is 20.2 Å². The van der Waals surface area contributed by atoms with E-state index in [1.807, 2.05) is 39.1 Å². The van der Waals surface area contributed by atoms with Crippen molar-refractivity contribution in [2.24, 2.45) is 0 Å². The van der Waals surface area contributed by atoms with Gasteiger partial charge in [0.15, 0.2) is 12.4 Å². The summed E-state index contributed by atoms with van der Waals surface area (Å²) in [6.07, 6.45) is 17.0. The Hall–Kier alpha value is -3.56. The Balaban J connectivity index is 1.56. The minimum absolute atomic E-state index is 0.290. The van der Waals surface area contributed by atoms with Crippen LogP contribution < -0.4 is 9.88 Å². The molecule has 10 heteroatoms. The molecular weight excluding hydrogens is 500 g/mol. The molecule has 1 aromatic heterocycles. The lowest BCUT2D eigenvalue weighted by atomic mass is 10.0. The largest absolute Gasteiger partial charge is 0.444 e. The van der Waals surface area contributed by atoms with Gasteiger partial charge in [-0.05, 0) is 46.1 Å². The van der Waals surface area contributed by atoms with Gasteiger partial charge in [0.2, 0.25) is 0 Å². The van der Waals surface area contributed by atoms with Crippen LogP contribution >= 0.6 is 0 Å². The third kappa shape index (κ3) is 12.7. The fraction of sp³-hybridized carbons (Fsp3) is 0.586. The summed E-state index contributed by atoms with van der Waals surface area (Å²) in [5.74, 6) is 0. The molecule has 0 unspecified atom stereocenters. The molecule has 0 bridgehead atoms. The van der Waals surface area contributed by atoms with Crippen LogP contribution in [0.15, 0.2) is 42.7 Å². The number of benzene rings is 1. The molecule has 0 atom stereocenters. The molecule has 2 rings (SSSR count). The number of hydrogen-bond donors (Lipinski definition) is 1. The first-order chi connectivity index (χ1) is 18.6. The van der Waals surface area contributed by atoms with E-state index in [9.17, 15) is 25.0 Å². The summed E-state index contributed by atoms with van der Waals surface area (Å²) in [5.41, 5.74) is 0.339. The second kappa shape index (κ2) is 16.4. The molecule has 0 aliphatic heterocycles. The molecule has 10 nitrogen and oxygen atoms in total. The molecule has 0 spiro atoms. The van der Waals surface area contributed by atoms with Crippen LogP contribution in [0.4, 0.5) is 16.2 Å². The average molecular weight is 544 g/mol. The van der Waals surface area contributed by atoms with Gasteiger partial charge in [0.05, 0.1) is 9.85 Å². The van der Waals surface area contributed by atoms with Gasteiger partial charge in [-0.15, -0.1) is 0 Å². The number of aromatic nitrogens is 1. The second-order valence-corrected chi connectivity index (χ2v) is 10.9. The molecule has 0 aliphatic rings. The Bertz CT molecular complexity index is 1080. The monoisotopic (exact) mass is 543 g/mol. The molecule has 39 heavy (non-hydrogen) atoms. The molecule has 0 saturated carbocycles. The number of nitrogens with zero attached hydrogens (tertiary/aromatic N) is 3.